The van der Waals surface area contributed by atoms with Gasteiger partial charge in [-0.05, 0) is 38.8 Å². The van der Waals surface area contributed by atoms with Crippen molar-refractivity contribution in [2.75, 3.05) is 13.1 Å². The van der Waals surface area contributed by atoms with E-state index in [4.69, 9.17) is 0 Å². The van der Waals surface area contributed by atoms with Gasteiger partial charge in [0, 0.05) is 12.1 Å². The Hall–Kier alpha value is -0.0800. The molecular formula is C8H16N2. The van der Waals surface area contributed by atoms with Gasteiger partial charge in [0.2, 0.25) is 0 Å². The average molecular weight is 140 g/mol. The highest BCUT2D eigenvalue weighted by Crippen LogP contribution is 2.16. The molecule has 10 heavy (non-hydrogen) atoms. The fraction of sp³-hybridized carbons (Fsp3) is 1.00. The fourth-order valence-electron chi connectivity index (χ4n) is 2.11. The Labute approximate surface area is 62.4 Å². The Morgan fingerprint density at radius 1 is 0.800 bits per heavy atom. The molecule has 0 unspecified atom stereocenters. The van der Waals surface area contributed by atoms with Gasteiger partial charge in [0.15, 0.2) is 0 Å². The molecule has 2 nitrogen and oxygen atoms in total. The SMILES string of the molecule is C1CN[C@@H]2CCCN[C@@H]2C1. The maximum atomic E-state index is 3.56. The largest absolute Gasteiger partial charge is 0.312 e. The molecule has 0 amide bonds. The third kappa shape index (κ3) is 1.18. The molecule has 0 aromatic rings. The summed E-state index contributed by atoms with van der Waals surface area (Å²) in [7, 11) is 0. The minimum absolute atomic E-state index is 0.794. The van der Waals surface area contributed by atoms with Crippen LogP contribution in [0.1, 0.15) is 25.7 Å². The quantitative estimate of drug-likeness (QED) is 0.511. The summed E-state index contributed by atoms with van der Waals surface area (Å²) in [6, 6.07) is 1.59. The predicted molar refractivity (Wildman–Crippen MR) is 42.0 cm³/mol. The van der Waals surface area contributed by atoms with Crippen molar-refractivity contribution in [2.24, 2.45) is 0 Å². The number of fused-ring (bicyclic) bond motifs is 1. The van der Waals surface area contributed by atoms with Crippen LogP contribution in [0.5, 0.6) is 0 Å². The van der Waals surface area contributed by atoms with Crippen LogP contribution in [0.25, 0.3) is 0 Å². The molecule has 2 fully saturated rings. The van der Waals surface area contributed by atoms with E-state index < -0.39 is 0 Å². The molecule has 0 radical (unpaired) electrons. The lowest BCUT2D eigenvalue weighted by molar-refractivity contribution is 0.251. The molecule has 2 saturated heterocycles. The first-order chi connectivity index (χ1) is 4.97. The summed E-state index contributed by atoms with van der Waals surface area (Å²) in [5.74, 6) is 0. The lowest BCUT2D eigenvalue weighted by Gasteiger charge is -2.37. The third-order valence-electron chi connectivity index (χ3n) is 2.68. The third-order valence-corrected chi connectivity index (χ3v) is 2.68. The monoisotopic (exact) mass is 140 g/mol. The van der Waals surface area contributed by atoms with E-state index in [9.17, 15) is 0 Å². The molecule has 2 aliphatic rings. The van der Waals surface area contributed by atoms with Gasteiger partial charge in [0.25, 0.3) is 0 Å². The van der Waals surface area contributed by atoms with Gasteiger partial charge >= 0.3 is 0 Å². The van der Waals surface area contributed by atoms with Gasteiger partial charge in [0.05, 0.1) is 0 Å². The van der Waals surface area contributed by atoms with Gasteiger partial charge in [0.1, 0.15) is 0 Å². The van der Waals surface area contributed by atoms with Crippen LogP contribution in [0.4, 0.5) is 0 Å². The zero-order valence-electron chi connectivity index (χ0n) is 6.40. The smallest absolute Gasteiger partial charge is 0.0221 e. The normalized spacial score (nSPS) is 40.8. The van der Waals surface area contributed by atoms with Crippen LogP contribution in [0.2, 0.25) is 0 Å². The number of hydrogen-bond donors (Lipinski definition) is 2. The van der Waals surface area contributed by atoms with E-state index in [2.05, 4.69) is 10.6 Å². The first-order valence-corrected chi connectivity index (χ1v) is 4.43. The first kappa shape index (κ1) is 6.62. The van der Waals surface area contributed by atoms with E-state index in [0.717, 1.165) is 12.1 Å². The first-order valence-electron chi connectivity index (χ1n) is 4.43. The number of piperidine rings is 2. The van der Waals surface area contributed by atoms with E-state index >= 15 is 0 Å². The van der Waals surface area contributed by atoms with Crippen LogP contribution in [0.3, 0.4) is 0 Å². The molecule has 0 aliphatic carbocycles. The Balaban J connectivity index is 1.93. The van der Waals surface area contributed by atoms with E-state index in [0.29, 0.717) is 0 Å². The van der Waals surface area contributed by atoms with Crippen LogP contribution < -0.4 is 10.6 Å². The summed E-state index contributed by atoms with van der Waals surface area (Å²) < 4.78 is 0. The molecule has 0 bridgehead atoms. The Morgan fingerprint density at radius 2 is 1.30 bits per heavy atom. The maximum Gasteiger partial charge on any atom is 0.0221 e. The summed E-state index contributed by atoms with van der Waals surface area (Å²) in [5, 5.41) is 7.12. The molecule has 0 spiro atoms. The lowest BCUT2D eigenvalue weighted by Crippen LogP contribution is -2.54. The molecule has 58 valence electrons. The standard InChI is InChI=1S/C8H16N2/c1-3-7-8(9-5-1)4-2-6-10-7/h7-10H,1-6H2/t7-,8-/m1/s1. The highest BCUT2D eigenvalue weighted by atomic mass is 15.0. The van der Waals surface area contributed by atoms with Gasteiger partial charge in [-0.25, -0.2) is 0 Å². The van der Waals surface area contributed by atoms with E-state index in [1.807, 2.05) is 0 Å². The Kier molecular flexibility index (Phi) is 1.91. The summed E-state index contributed by atoms with van der Waals surface area (Å²) in [6.07, 6.45) is 5.48. The average Bonchev–Trinajstić information content (AvgIpc) is 2.05. The molecule has 2 rings (SSSR count). The van der Waals surface area contributed by atoms with Gasteiger partial charge in [-0.2, -0.15) is 0 Å². The summed E-state index contributed by atoms with van der Waals surface area (Å²) in [6.45, 7) is 2.48. The van der Waals surface area contributed by atoms with E-state index in [1.165, 1.54) is 38.8 Å². The van der Waals surface area contributed by atoms with E-state index in [1.54, 1.807) is 0 Å². The van der Waals surface area contributed by atoms with Crippen LogP contribution in [0, 0.1) is 0 Å². The predicted octanol–water partition coefficient (Wildman–Crippen LogP) is 0.490. The zero-order chi connectivity index (χ0) is 6.81. The summed E-state index contributed by atoms with van der Waals surface area (Å²) in [5.41, 5.74) is 0. The number of rotatable bonds is 0. The van der Waals surface area contributed by atoms with Crippen molar-refractivity contribution in [1.82, 2.24) is 10.6 Å². The van der Waals surface area contributed by atoms with Gasteiger partial charge < -0.3 is 10.6 Å². The van der Waals surface area contributed by atoms with Gasteiger partial charge in [-0.15, -0.1) is 0 Å². The molecule has 2 heterocycles. The summed E-state index contributed by atoms with van der Waals surface area (Å²) >= 11 is 0. The Bertz CT molecular complexity index is 87.8. The summed E-state index contributed by atoms with van der Waals surface area (Å²) in [4.78, 5) is 0. The number of nitrogens with one attached hydrogen (secondary N) is 2. The van der Waals surface area contributed by atoms with Crippen molar-refractivity contribution < 1.29 is 0 Å². The van der Waals surface area contributed by atoms with Crippen molar-refractivity contribution in [3.8, 4) is 0 Å². The highest BCUT2D eigenvalue weighted by molar-refractivity contribution is 4.89. The lowest BCUT2D eigenvalue weighted by atomic mass is 9.92. The second-order valence-electron chi connectivity index (χ2n) is 3.41. The van der Waals surface area contributed by atoms with Crippen LogP contribution in [0.15, 0.2) is 0 Å². The molecule has 2 heteroatoms. The zero-order valence-corrected chi connectivity index (χ0v) is 6.40. The number of hydrogen-bond acceptors (Lipinski definition) is 2. The molecule has 0 aromatic carbocycles. The molecule has 2 N–H and O–H groups in total. The minimum Gasteiger partial charge on any atom is -0.312 e. The topological polar surface area (TPSA) is 24.1 Å². The maximum absolute atomic E-state index is 3.56. The van der Waals surface area contributed by atoms with Crippen molar-refractivity contribution in [1.29, 1.82) is 0 Å². The van der Waals surface area contributed by atoms with Gasteiger partial charge in [-0.3, -0.25) is 0 Å². The second-order valence-corrected chi connectivity index (χ2v) is 3.41. The van der Waals surface area contributed by atoms with Crippen molar-refractivity contribution in [2.45, 2.75) is 37.8 Å². The van der Waals surface area contributed by atoms with Crippen LogP contribution >= 0.6 is 0 Å². The van der Waals surface area contributed by atoms with Gasteiger partial charge in [-0.1, -0.05) is 0 Å². The second kappa shape index (κ2) is 2.89. The van der Waals surface area contributed by atoms with Crippen LogP contribution in [-0.2, 0) is 0 Å². The fourth-order valence-corrected chi connectivity index (χ4v) is 2.11. The van der Waals surface area contributed by atoms with E-state index in [-0.39, 0.29) is 0 Å². The van der Waals surface area contributed by atoms with Crippen molar-refractivity contribution in [3.63, 3.8) is 0 Å². The van der Waals surface area contributed by atoms with Crippen molar-refractivity contribution >= 4 is 0 Å². The molecular weight excluding hydrogens is 124 g/mol. The molecule has 2 atom stereocenters. The molecule has 2 aliphatic heterocycles. The van der Waals surface area contributed by atoms with Crippen LogP contribution in [-0.4, -0.2) is 25.2 Å². The molecule has 0 saturated carbocycles. The Morgan fingerprint density at radius 3 is 1.80 bits per heavy atom. The highest BCUT2D eigenvalue weighted by Gasteiger charge is 2.26. The molecule has 0 aromatic heterocycles. The van der Waals surface area contributed by atoms with Crippen molar-refractivity contribution in [3.05, 3.63) is 0 Å². The minimum atomic E-state index is 0.794.